The molecule has 0 aliphatic rings. The number of hydrogen-bond acceptors (Lipinski definition) is 5. The average molecular weight is 313 g/mol. The van der Waals surface area contributed by atoms with Crippen molar-refractivity contribution in [1.29, 1.82) is 0 Å². The molecule has 5 heteroatoms. The third kappa shape index (κ3) is 5.53. The first-order valence-corrected chi connectivity index (χ1v) is 8.02. The van der Waals surface area contributed by atoms with Gasteiger partial charge in [-0.05, 0) is 65.0 Å². The van der Waals surface area contributed by atoms with E-state index in [-0.39, 0.29) is 0 Å². The molecule has 23 heavy (non-hydrogen) atoms. The van der Waals surface area contributed by atoms with Crippen molar-refractivity contribution in [2.45, 2.75) is 27.2 Å². The molecule has 2 rings (SSSR count). The van der Waals surface area contributed by atoms with Crippen LogP contribution < -0.4 is 10.6 Å². The van der Waals surface area contributed by atoms with Crippen LogP contribution in [0.3, 0.4) is 0 Å². The fourth-order valence-corrected chi connectivity index (χ4v) is 2.32. The van der Waals surface area contributed by atoms with Gasteiger partial charge in [-0.3, -0.25) is 0 Å². The number of hydrogen-bond donors (Lipinski definition) is 2. The molecule has 0 aliphatic carbocycles. The van der Waals surface area contributed by atoms with Crippen molar-refractivity contribution in [3.05, 3.63) is 41.1 Å². The fraction of sp³-hybridized carbons (Fsp3) is 0.444. The van der Waals surface area contributed by atoms with E-state index < -0.39 is 0 Å². The van der Waals surface area contributed by atoms with Crippen molar-refractivity contribution < 1.29 is 0 Å². The van der Waals surface area contributed by atoms with Gasteiger partial charge in [-0.25, -0.2) is 4.98 Å². The summed E-state index contributed by atoms with van der Waals surface area (Å²) in [5.74, 6) is 1.50. The van der Waals surface area contributed by atoms with Crippen LogP contribution in [0.5, 0.6) is 0 Å². The maximum atomic E-state index is 4.57. The lowest BCUT2D eigenvalue weighted by Gasteiger charge is -2.13. The number of aryl methyl sites for hydroxylation is 3. The maximum Gasteiger partial charge on any atom is 0.224 e. The van der Waals surface area contributed by atoms with Crippen LogP contribution in [0, 0.1) is 20.8 Å². The van der Waals surface area contributed by atoms with Gasteiger partial charge in [0.2, 0.25) is 5.95 Å². The Balaban J connectivity index is 2.06. The summed E-state index contributed by atoms with van der Waals surface area (Å²) in [5.41, 5.74) is 4.46. The normalized spacial score (nSPS) is 10.9. The molecule has 0 unspecified atom stereocenters. The Kier molecular flexibility index (Phi) is 5.93. The number of nitrogens with zero attached hydrogens (tertiary/aromatic N) is 3. The zero-order chi connectivity index (χ0) is 16.8. The van der Waals surface area contributed by atoms with Gasteiger partial charge < -0.3 is 15.5 Å². The molecule has 2 N–H and O–H groups in total. The number of benzene rings is 1. The molecule has 0 amide bonds. The molecule has 1 aromatic heterocycles. The Labute approximate surface area is 139 Å². The van der Waals surface area contributed by atoms with Gasteiger partial charge in [0, 0.05) is 24.0 Å². The van der Waals surface area contributed by atoms with E-state index in [4.69, 9.17) is 0 Å². The smallest absolute Gasteiger partial charge is 0.224 e. The molecule has 0 saturated carbocycles. The Morgan fingerprint density at radius 2 is 1.83 bits per heavy atom. The molecule has 5 nitrogen and oxygen atoms in total. The van der Waals surface area contributed by atoms with Gasteiger partial charge in [-0.1, -0.05) is 12.1 Å². The van der Waals surface area contributed by atoms with E-state index in [1.54, 1.807) is 0 Å². The summed E-state index contributed by atoms with van der Waals surface area (Å²) in [6.07, 6.45) is 1.06. The molecule has 0 saturated heterocycles. The first-order valence-electron chi connectivity index (χ1n) is 8.02. The van der Waals surface area contributed by atoms with Gasteiger partial charge in [0.05, 0.1) is 0 Å². The summed E-state index contributed by atoms with van der Waals surface area (Å²) in [7, 11) is 4.16. The van der Waals surface area contributed by atoms with Gasteiger partial charge in [0.25, 0.3) is 0 Å². The van der Waals surface area contributed by atoms with E-state index in [2.05, 4.69) is 71.6 Å². The molecule has 0 atom stereocenters. The number of anilines is 3. The van der Waals surface area contributed by atoms with Crippen LogP contribution in [0.2, 0.25) is 0 Å². The summed E-state index contributed by atoms with van der Waals surface area (Å²) in [6.45, 7) is 8.09. The summed E-state index contributed by atoms with van der Waals surface area (Å²) in [5, 5.41) is 6.71. The summed E-state index contributed by atoms with van der Waals surface area (Å²) in [6, 6.07) is 8.33. The molecule has 0 radical (unpaired) electrons. The van der Waals surface area contributed by atoms with E-state index in [0.717, 1.165) is 36.7 Å². The molecule has 0 aliphatic heterocycles. The van der Waals surface area contributed by atoms with Crippen LogP contribution >= 0.6 is 0 Å². The Morgan fingerprint density at radius 3 is 2.57 bits per heavy atom. The number of rotatable bonds is 7. The summed E-state index contributed by atoms with van der Waals surface area (Å²) in [4.78, 5) is 11.2. The lowest BCUT2D eigenvalue weighted by Crippen LogP contribution is -2.17. The SMILES string of the molecule is Cc1ccc(C)c(Nc2cc(C)nc(NCCCN(C)C)n2)c1. The highest BCUT2D eigenvalue weighted by Crippen LogP contribution is 2.21. The molecule has 0 fully saturated rings. The molecule has 0 bridgehead atoms. The Morgan fingerprint density at radius 1 is 1.04 bits per heavy atom. The third-order valence-electron chi connectivity index (χ3n) is 3.58. The van der Waals surface area contributed by atoms with Crippen molar-refractivity contribution in [1.82, 2.24) is 14.9 Å². The first kappa shape index (κ1) is 17.2. The highest BCUT2D eigenvalue weighted by atomic mass is 15.1. The first-order chi connectivity index (χ1) is 10.9. The van der Waals surface area contributed by atoms with Gasteiger partial charge in [0.1, 0.15) is 5.82 Å². The summed E-state index contributed by atoms with van der Waals surface area (Å²) >= 11 is 0. The van der Waals surface area contributed by atoms with Crippen LogP contribution in [-0.4, -0.2) is 42.1 Å². The fourth-order valence-electron chi connectivity index (χ4n) is 2.32. The highest BCUT2D eigenvalue weighted by molar-refractivity contribution is 5.62. The Bertz CT molecular complexity index is 652. The molecular weight excluding hydrogens is 286 g/mol. The predicted molar refractivity (Wildman–Crippen MR) is 97.6 cm³/mol. The van der Waals surface area contributed by atoms with Gasteiger partial charge >= 0.3 is 0 Å². The lowest BCUT2D eigenvalue weighted by molar-refractivity contribution is 0.405. The summed E-state index contributed by atoms with van der Waals surface area (Å²) < 4.78 is 0. The van der Waals surface area contributed by atoms with Crippen LogP contribution in [-0.2, 0) is 0 Å². The maximum absolute atomic E-state index is 4.57. The van der Waals surface area contributed by atoms with Gasteiger partial charge in [-0.2, -0.15) is 4.98 Å². The minimum atomic E-state index is 0.677. The van der Waals surface area contributed by atoms with Crippen molar-refractivity contribution in [2.24, 2.45) is 0 Å². The second-order valence-corrected chi connectivity index (χ2v) is 6.25. The van der Waals surface area contributed by atoms with E-state index >= 15 is 0 Å². The molecule has 1 heterocycles. The lowest BCUT2D eigenvalue weighted by atomic mass is 10.1. The molecular formula is C18H27N5. The average Bonchev–Trinajstić information content (AvgIpc) is 2.47. The molecule has 2 aromatic rings. The zero-order valence-corrected chi connectivity index (χ0v) is 14.8. The monoisotopic (exact) mass is 313 g/mol. The van der Waals surface area contributed by atoms with E-state index in [0.29, 0.717) is 5.95 Å². The van der Waals surface area contributed by atoms with Crippen molar-refractivity contribution in [2.75, 3.05) is 37.8 Å². The molecule has 124 valence electrons. The van der Waals surface area contributed by atoms with Crippen molar-refractivity contribution >= 4 is 17.5 Å². The van der Waals surface area contributed by atoms with E-state index in [9.17, 15) is 0 Å². The highest BCUT2D eigenvalue weighted by Gasteiger charge is 2.05. The Hall–Kier alpha value is -2.14. The minimum Gasteiger partial charge on any atom is -0.354 e. The van der Waals surface area contributed by atoms with Gasteiger partial charge in [0.15, 0.2) is 0 Å². The molecule has 0 spiro atoms. The zero-order valence-electron chi connectivity index (χ0n) is 14.8. The second-order valence-electron chi connectivity index (χ2n) is 6.25. The second kappa shape index (κ2) is 7.92. The van der Waals surface area contributed by atoms with Crippen LogP contribution in [0.25, 0.3) is 0 Å². The van der Waals surface area contributed by atoms with Crippen LogP contribution in [0.1, 0.15) is 23.2 Å². The minimum absolute atomic E-state index is 0.677. The largest absolute Gasteiger partial charge is 0.354 e. The van der Waals surface area contributed by atoms with Crippen molar-refractivity contribution in [3.8, 4) is 0 Å². The van der Waals surface area contributed by atoms with Crippen LogP contribution in [0.4, 0.5) is 17.5 Å². The van der Waals surface area contributed by atoms with Crippen molar-refractivity contribution in [3.63, 3.8) is 0 Å². The standard InChI is InChI=1S/C18H27N5/c1-13-7-8-14(2)16(11-13)21-17-12-15(3)20-18(22-17)19-9-6-10-23(4)5/h7-8,11-12H,6,9-10H2,1-5H3,(H2,19,20,21,22). The third-order valence-corrected chi connectivity index (χ3v) is 3.58. The van der Waals surface area contributed by atoms with Crippen LogP contribution in [0.15, 0.2) is 24.3 Å². The topological polar surface area (TPSA) is 53.1 Å². The van der Waals surface area contributed by atoms with E-state index in [1.807, 2.05) is 13.0 Å². The number of aromatic nitrogens is 2. The van der Waals surface area contributed by atoms with Gasteiger partial charge in [-0.15, -0.1) is 0 Å². The quantitative estimate of drug-likeness (QED) is 0.766. The predicted octanol–water partition coefficient (Wildman–Crippen LogP) is 3.51. The molecule has 1 aromatic carbocycles. The van der Waals surface area contributed by atoms with E-state index in [1.165, 1.54) is 11.1 Å². The number of nitrogens with one attached hydrogen (secondary N) is 2.